The quantitative estimate of drug-likeness (QED) is 0.658. The molecule has 0 aliphatic heterocycles. The van der Waals surface area contributed by atoms with Crippen molar-refractivity contribution in [3.8, 4) is 11.8 Å². The molecule has 0 aromatic carbocycles. The number of Topliss-reactive ketones (excluding diaryl/α,β-unsaturated/α-hetero) is 1. The zero-order valence-electron chi connectivity index (χ0n) is 13.9. The zero-order chi connectivity index (χ0) is 15.0. The van der Waals surface area contributed by atoms with E-state index in [1.807, 2.05) is 0 Å². The fraction of sp³-hybridized carbons (Fsp3) is 0.842. The van der Waals surface area contributed by atoms with Crippen LogP contribution in [0.3, 0.4) is 0 Å². The molecule has 1 heteroatoms. The molecule has 1 nitrogen and oxygen atoms in total. The highest BCUT2D eigenvalue weighted by atomic mass is 16.1. The lowest BCUT2D eigenvalue weighted by molar-refractivity contribution is -0.130. The molecule has 2 fully saturated rings. The van der Waals surface area contributed by atoms with E-state index in [9.17, 15) is 4.79 Å². The maximum Gasteiger partial charge on any atom is 0.136 e. The molecule has 2 rings (SSSR count). The number of hydrogen-bond acceptors (Lipinski definition) is 1. The van der Waals surface area contributed by atoms with Crippen LogP contribution in [0.4, 0.5) is 0 Å². The Morgan fingerprint density at radius 3 is 2.70 bits per heavy atom. The van der Waals surface area contributed by atoms with Gasteiger partial charge in [0.05, 0.1) is 0 Å². The van der Waals surface area contributed by atoms with Gasteiger partial charge in [0.1, 0.15) is 5.78 Å². The van der Waals surface area contributed by atoms with Gasteiger partial charge >= 0.3 is 0 Å². The molecule has 0 spiro atoms. The Bertz CT molecular complexity index is 431. The van der Waals surface area contributed by atoms with E-state index in [-0.39, 0.29) is 10.8 Å². The molecule has 2 saturated carbocycles. The molecule has 0 unspecified atom stereocenters. The van der Waals surface area contributed by atoms with Gasteiger partial charge in [0.15, 0.2) is 0 Å². The molecule has 0 bridgehead atoms. The van der Waals surface area contributed by atoms with Crippen LogP contribution < -0.4 is 0 Å². The lowest BCUT2D eigenvalue weighted by atomic mass is 9.62. The second-order valence-corrected chi connectivity index (χ2v) is 8.30. The van der Waals surface area contributed by atoms with E-state index in [1.54, 1.807) is 0 Å². The Balaban J connectivity index is 2.05. The van der Waals surface area contributed by atoms with Gasteiger partial charge in [-0.2, -0.15) is 0 Å². The predicted molar refractivity (Wildman–Crippen MR) is 84.2 cm³/mol. The summed E-state index contributed by atoms with van der Waals surface area (Å²) in [6.45, 7) is 11.2. The van der Waals surface area contributed by atoms with Crippen molar-refractivity contribution in [2.45, 2.75) is 73.1 Å². The summed E-state index contributed by atoms with van der Waals surface area (Å²) in [5.74, 6) is 8.93. The summed E-state index contributed by atoms with van der Waals surface area (Å²) >= 11 is 0. The third-order valence-electron chi connectivity index (χ3n) is 5.51. The van der Waals surface area contributed by atoms with E-state index in [0.717, 1.165) is 25.7 Å². The summed E-state index contributed by atoms with van der Waals surface area (Å²) in [4.78, 5) is 12.2. The van der Waals surface area contributed by atoms with Gasteiger partial charge in [0.2, 0.25) is 0 Å². The van der Waals surface area contributed by atoms with E-state index < -0.39 is 0 Å². The number of carbonyl (C=O) groups excluding carboxylic acids is 1. The fourth-order valence-corrected chi connectivity index (χ4v) is 4.52. The van der Waals surface area contributed by atoms with E-state index in [2.05, 4.69) is 46.5 Å². The fourth-order valence-electron chi connectivity index (χ4n) is 4.52. The van der Waals surface area contributed by atoms with Crippen LogP contribution in [0.1, 0.15) is 73.1 Å². The highest BCUT2D eigenvalue weighted by molar-refractivity contribution is 5.83. The minimum absolute atomic E-state index is 0.0998. The largest absolute Gasteiger partial charge is 0.299 e. The molecule has 0 N–H and O–H groups in total. The van der Waals surface area contributed by atoms with Crippen LogP contribution in [0.2, 0.25) is 0 Å². The van der Waals surface area contributed by atoms with Gasteiger partial charge in [-0.3, -0.25) is 4.79 Å². The molecule has 0 aromatic rings. The molecule has 20 heavy (non-hydrogen) atoms. The summed E-state index contributed by atoms with van der Waals surface area (Å²) in [6, 6.07) is 0. The molecule has 0 aromatic heterocycles. The molecule has 0 radical (unpaired) electrons. The van der Waals surface area contributed by atoms with Crippen molar-refractivity contribution in [2.24, 2.45) is 28.6 Å². The van der Waals surface area contributed by atoms with Crippen molar-refractivity contribution in [2.75, 3.05) is 0 Å². The van der Waals surface area contributed by atoms with Crippen molar-refractivity contribution in [3.63, 3.8) is 0 Å². The summed E-state index contributed by atoms with van der Waals surface area (Å²) < 4.78 is 0. The van der Waals surface area contributed by atoms with Crippen LogP contribution in [0.25, 0.3) is 0 Å². The first-order valence-corrected chi connectivity index (χ1v) is 8.27. The number of ketones is 1. The summed E-state index contributed by atoms with van der Waals surface area (Å²) in [5.41, 5.74) is 0.362. The Labute approximate surface area is 124 Å². The zero-order valence-corrected chi connectivity index (χ0v) is 13.9. The van der Waals surface area contributed by atoms with Crippen molar-refractivity contribution in [1.82, 2.24) is 0 Å². The van der Waals surface area contributed by atoms with Crippen LogP contribution in [0.15, 0.2) is 0 Å². The van der Waals surface area contributed by atoms with E-state index in [4.69, 9.17) is 0 Å². The summed E-state index contributed by atoms with van der Waals surface area (Å²) in [7, 11) is 0. The van der Waals surface area contributed by atoms with E-state index in [1.165, 1.54) is 12.8 Å². The standard InChI is InChI=1S/C19H30O/c1-14(8-6-12-18(2,3)4)15-10-11-16-17(20)9-7-13-19(15,16)5/h14-16H,7-11,13H2,1-5H3/t14-,15-,16-,19-/m1/s1. The van der Waals surface area contributed by atoms with Crippen LogP contribution in [0.5, 0.6) is 0 Å². The Kier molecular flexibility index (Phi) is 4.33. The average Bonchev–Trinajstić information content (AvgIpc) is 2.66. The monoisotopic (exact) mass is 274 g/mol. The highest BCUT2D eigenvalue weighted by Gasteiger charge is 2.52. The Morgan fingerprint density at radius 1 is 1.35 bits per heavy atom. The van der Waals surface area contributed by atoms with Crippen LogP contribution in [-0.4, -0.2) is 5.78 Å². The molecule has 4 atom stereocenters. The van der Waals surface area contributed by atoms with Crippen molar-refractivity contribution in [1.29, 1.82) is 0 Å². The maximum absolute atomic E-state index is 12.2. The number of fused-ring (bicyclic) bond motifs is 1. The first-order valence-electron chi connectivity index (χ1n) is 8.27. The molecule has 2 aliphatic carbocycles. The average molecular weight is 274 g/mol. The summed E-state index contributed by atoms with van der Waals surface area (Å²) in [6.07, 6.45) is 6.50. The van der Waals surface area contributed by atoms with Gasteiger partial charge in [-0.15, -0.1) is 5.92 Å². The topological polar surface area (TPSA) is 17.1 Å². The van der Waals surface area contributed by atoms with Gasteiger partial charge in [-0.05, 0) is 63.7 Å². The van der Waals surface area contributed by atoms with Crippen LogP contribution in [-0.2, 0) is 4.79 Å². The minimum Gasteiger partial charge on any atom is -0.299 e. The van der Waals surface area contributed by atoms with Gasteiger partial charge in [0.25, 0.3) is 0 Å². The number of carbonyl (C=O) groups is 1. The number of hydrogen-bond donors (Lipinski definition) is 0. The highest BCUT2D eigenvalue weighted by Crippen LogP contribution is 2.56. The smallest absolute Gasteiger partial charge is 0.136 e. The van der Waals surface area contributed by atoms with Crippen molar-refractivity contribution in [3.05, 3.63) is 0 Å². The van der Waals surface area contributed by atoms with Gasteiger partial charge in [-0.25, -0.2) is 0 Å². The molecule has 112 valence electrons. The van der Waals surface area contributed by atoms with Gasteiger partial charge < -0.3 is 0 Å². The Morgan fingerprint density at radius 2 is 2.05 bits per heavy atom. The van der Waals surface area contributed by atoms with Gasteiger partial charge in [0, 0.05) is 24.2 Å². The van der Waals surface area contributed by atoms with Crippen molar-refractivity contribution < 1.29 is 4.79 Å². The van der Waals surface area contributed by atoms with Crippen molar-refractivity contribution >= 4 is 5.78 Å². The second kappa shape index (κ2) is 5.55. The molecule has 0 saturated heterocycles. The molecule has 0 amide bonds. The minimum atomic E-state index is 0.0998. The summed E-state index contributed by atoms with van der Waals surface area (Å²) in [5, 5.41) is 0. The first kappa shape index (κ1) is 15.6. The maximum atomic E-state index is 12.2. The normalized spacial score (nSPS) is 35.1. The van der Waals surface area contributed by atoms with Gasteiger partial charge in [-0.1, -0.05) is 19.8 Å². The lowest BCUT2D eigenvalue weighted by Gasteiger charge is -2.42. The SMILES string of the molecule is C[C@H](CC#CC(C)(C)C)[C@H]1CC[C@@H]2C(=O)CCC[C@@]21C. The molecule has 2 aliphatic rings. The van der Waals surface area contributed by atoms with E-state index in [0.29, 0.717) is 23.5 Å². The number of rotatable bonds is 2. The molecular formula is C19H30O. The van der Waals surface area contributed by atoms with E-state index >= 15 is 0 Å². The molecular weight excluding hydrogens is 244 g/mol. The van der Waals surface area contributed by atoms with Crippen LogP contribution in [0, 0.1) is 40.4 Å². The van der Waals surface area contributed by atoms with Crippen LogP contribution >= 0.6 is 0 Å². The predicted octanol–water partition coefficient (Wildman–Crippen LogP) is 4.85. The first-order chi connectivity index (χ1) is 9.24. The second-order valence-electron chi connectivity index (χ2n) is 8.30. The third kappa shape index (κ3) is 3.11. The lowest BCUT2D eigenvalue weighted by Crippen LogP contribution is -2.39. The Hall–Kier alpha value is -0.770. The third-order valence-corrected chi connectivity index (χ3v) is 5.51. The molecule has 0 heterocycles.